The average molecular weight is 228 g/mol. The Morgan fingerprint density at radius 2 is 1.54 bits per heavy atom. The third-order valence-electron chi connectivity index (χ3n) is 1.51. The van der Waals surface area contributed by atoms with E-state index in [1.807, 2.05) is 0 Å². The molecule has 0 unspecified atom stereocenters. The fraction of sp³-hybridized carbons (Fsp3) is 1.00. The van der Waals surface area contributed by atoms with E-state index in [-0.39, 0.29) is 10.1 Å². The van der Waals surface area contributed by atoms with Crippen molar-refractivity contribution in [2.75, 3.05) is 18.1 Å². The van der Waals surface area contributed by atoms with Crippen molar-refractivity contribution in [3.63, 3.8) is 0 Å². The van der Waals surface area contributed by atoms with Gasteiger partial charge in [0, 0.05) is 0 Å². The van der Waals surface area contributed by atoms with Crippen LogP contribution in [0.4, 0.5) is 0 Å². The molecule has 0 aromatic rings. The van der Waals surface area contributed by atoms with Crippen molar-refractivity contribution >= 4 is 16.8 Å². The first-order chi connectivity index (χ1) is 6.08. The molecule has 0 atom stereocenters. The maximum Gasteiger partial charge on any atom is 0.279 e. The van der Waals surface area contributed by atoms with Crippen molar-refractivity contribution in [1.29, 1.82) is 0 Å². The van der Waals surface area contributed by atoms with Gasteiger partial charge in [0.25, 0.3) is 6.72 Å². The van der Waals surface area contributed by atoms with Gasteiger partial charge in [-0.25, -0.2) is 0 Å². The van der Waals surface area contributed by atoms with Crippen molar-refractivity contribution in [3.05, 3.63) is 0 Å². The Kier molecular flexibility index (Phi) is 7.37. The van der Waals surface area contributed by atoms with Gasteiger partial charge < -0.3 is 14.3 Å². The minimum Gasteiger partial charge on any atom is -0.328 e. The zero-order valence-electron chi connectivity index (χ0n) is 8.69. The second-order valence-electron chi connectivity index (χ2n) is 2.78. The van der Waals surface area contributed by atoms with Crippen LogP contribution in [0, 0.1) is 0 Å². The summed E-state index contributed by atoms with van der Waals surface area (Å²) in [4.78, 5) is 19.4. The largest absolute Gasteiger partial charge is 0.328 e. The van der Waals surface area contributed by atoms with Crippen molar-refractivity contribution < 1.29 is 14.3 Å². The van der Waals surface area contributed by atoms with E-state index in [0.29, 0.717) is 6.61 Å². The van der Waals surface area contributed by atoms with Crippen molar-refractivity contribution in [1.82, 2.24) is 0 Å². The topological polar surface area (TPSA) is 49.7 Å². The normalized spacial score (nSPS) is 12.5. The smallest absolute Gasteiger partial charge is 0.279 e. The molecule has 0 spiro atoms. The van der Waals surface area contributed by atoms with Crippen LogP contribution in [0.2, 0.25) is 0 Å². The first-order valence-electron chi connectivity index (χ1n) is 4.75. The van der Waals surface area contributed by atoms with E-state index < -0.39 is 6.72 Å². The van der Waals surface area contributed by atoms with Gasteiger partial charge in [0.05, 0.1) is 6.61 Å². The fourth-order valence-corrected chi connectivity index (χ4v) is 6.45. The third kappa shape index (κ3) is 5.18. The molecule has 0 fully saturated rings. The Morgan fingerprint density at radius 3 is 1.85 bits per heavy atom. The molecule has 0 aliphatic rings. The maximum atomic E-state index is 9.69. The molecular formula is C8H21O3PS. The van der Waals surface area contributed by atoms with Gasteiger partial charge in [-0.05, 0) is 31.3 Å². The molecule has 0 saturated heterocycles. The molecule has 0 aliphatic heterocycles. The molecule has 0 rings (SSSR count). The van der Waals surface area contributed by atoms with E-state index in [0.717, 1.165) is 24.3 Å². The highest BCUT2D eigenvalue weighted by atomic mass is 32.5. The SMILES string of the molecule is CCCS(CCC)=P(O)(O)OCC. The second-order valence-corrected chi connectivity index (χ2v) is 8.74. The Morgan fingerprint density at radius 1 is 1.08 bits per heavy atom. The summed E-state index contributed by atoms with van der Waals surface area (Å²) in [6.07, 6.45) is 1.97. The molecule has 2 N–H and O–H groups in total. The van der Waals surface area contributed by atoms with E-state index in [1.54, 1.807) is 6.92 Å². The Hall–Kier alpha value is 0.660. The molecular weight excluding hydrogens is 207 g/mol. The van der Waals surface area contributed by atoms with E-state index in [4.69, 9.17) is 4.52 Å². The molecule has 0 aliphatic carbocycles. The molecule has 0 radical (unpaired) electrons. The van der Waals surface area contributed by atoms with Crippen LogP contribution < -0.4 is 0 Å². The van der Waals surface area contributed by atoms with Crippen LogP contribution in [-0.4, -0.2) is 27.9 Å². The van der Waals surface area contributed by atoms with E-state index in [9.17, 15) is 9.79 Å². The number of hydrogen-bond donors (Lipinski definition) is 2. The zero-order chi connectivity index (χ0) is 10.3. The van der Waals surface area contributed by atoms with Crippen molar-refractivity contribution in [3.8, 4) is 0 Å². The molecule has 13 heavy (non-hydrogen) atoms. The molecule has 0 heterocycles. The molecule has 0 saturated carbocycles. The summed E-state index contributed by atoms with van der Waals surface area (Å²) in [6.45, 7) is 3.24. The molecule has 0 bridgehead atoms. The van der Waals surface area contributed by atoms with Gasteiger partial charge in [0.1, 0.15) is 0 Å². The zero-order valence-corrected chi connectivity index (χ0v) is 10.4. The minimum atomic E-state index is -3.06. The monoisotopic (exact) mass is 228 g/mol. The lowest BCUT2D eigenvalue weighted by molar-refractivity contribution is 0.265. The lowest BCUT2D eigenvalue weighted by atomic mass is 10.6. The summed E-state index contributed by atoms with van der Waals surface area (Å²) >= 11 is 0. The van der Waals surface area contributed by atoms with E-state index in [1.165, 1.54) is 0 Å². The summed E-state index contributed by atoms with van der Waals surface area (Å²) < 4.78 is 5.03. The summed E-state index contributed by atoms with van der Waals surface area (Å²) in [7, 11) is -0.335. The second kappa shape index (κ2) is 7.02. The Bertz CT molecular complexity index is 180. The van der Waals surface area contributed by atoms with E-state index in [2.05, 4.69) is 13.8 Å². The Balaban J connectivity index is 4.58. The van der Waals surface area contributed by atoms with Gasteiger partial charge in [-0.2, -0.15) is 0 Å². The predicted molar refractivity (Wildman–Crippen MR) is 60.7 cm³/mol. The molecule has 3 nitrogen and oxygen atoms in total. The lowest BCUT2D eigenvalue weighted by Gasteiger charge is -2.18. The van der Waals surface area contributed by atoms with Crippen LogP contribution >= 0.6 is 6.72 Å². The van der Waals surface area contributed by atoms with Crippen LogP contribution in [0.1, 0.15) is 33.6 Å². The summed E-state index contributed by atoms with van der Waals surface area (Å²) in [6, 6.07) is 0. The van der Waals surface area contributed by atoms with Crippen LogP contribution in [0.3, 0.4) is 0 Å². The summed E-state index contributed by atoms with van der Waals surface area (Å²) in [5.74, 6) is 1.74. The van der Waals surface area contributed by atoms with Crippen LogP contribution in [-0.2, 0) is 14.6 Å². The van der Waals surface area contributed by atoms with E-state index >= 15 is 0 Å². The first-order valence-corrected chi connectivity index (χ1v) is 8.53. The third-order valence-corrected chi connectivity index (χ3v) is 7.97. The molecule has 0 amide bonds. The predicted octanol–water partition coefficient (Wildman–Crippen LogP) is 2.12. The van der Waals surface area contributed by atoms with Crippen molar-refractivity contribution in [2.45, 2.75) is 33.6 Å². The highest BCUT2D eigenvalue weighted by molar-refractivity contribution is 8.27. The van der Waals surface area contributed by atoms with Gasteiger partial charge in [-0.3, -0.25) is 0 Å². The molecule has 0 aromatic heterocycles. The van der Waals surface area contributed by atoms with Crippen LogP contribution in [0.15, 0.2) is 0 Å². The van der Waals surface area contributed by atoms with Gasteiger partial charge in [0.15, 0.2) is 0 Å². The highest BCUT2D eigenvalue weighted by Crippen LogP contribution is 2.43. The molecule has 5 heteroatoms. The average Bonchev–Trinajstić information content (AvgIpc) is 2.04. The molecule has 0 aromatic carbocycles. The van der Waals surface area contributed by atoms with Gasteiger partial charge in [-0.1, -0.05) is 13.8 Å². The van der Waals surface area contributed by atoms with Crippen LogP contribution in [0.5, 0.6) is 0 Å². The summed E-state index contributed by atoms with van der Waals surface area (Å²) in [5.41, 5.74) is 0. The number of hydrogen-bond acceptors (Lipinski definition) is 1. The Labute approximate surface area is 83.3 Å². The summed E-state index contributed by atoms with van der Waals surface area (Å²) in [5, 5.41) is 0. The quantitative estimate of drug-likeness (QED) is 0.685. The van der Waals surface area contributed by atoms with Crippen LogP contribution in [0.25, 0.3) is 0 Å². The van der Waals surface area contributed by atoms with Crippen molar-refractivity contribution in [2.24, 2.45) is 0 Å². The van der Waals surface area contributed by atoms with Gasteiger partial charge >= 0.3 is 0 Å². The standard InChI is InChI=1S/C8H21O3PS/c1-4-7-13(8-5-2)12(9,10)11-6-3/h9-10H,4-8H2,1-3H3. The molecule has 82 valence electrons. The van der Waals surface area contributed by atoms with Gasteiger partial charge in [-0.15, -0.1) is 10.1 Å². The highest BCUT2D eigenvalue weighted by Gasteiger charge is 2.15. The number of rotatable bonds is 6. The fourth-order valence-electron chi connectivity index (χ4n) is 1.05. The lowest BCUT2D eigenvalue weighted by Crippen LogP contribution is -2.06. The van der Waals surface area contributed by atoms with Gasteiger partial charge in [0.2, 0.25) is 0 Å². The first kappa shape index (κ1) is 13.7. The minimum absolute atomic E-state index is 0.335. The maximum absolute atomic E-state index is 9.69.